The van der Waals surface area contributed by atoms with Gasteiger partial charge in [-0.3, -0.25) is 9.48 Å². The molecule has 25 heavy (non-hydrogen) atoms. The van der Waals surface area contributed by atoms with E-state index < -0.39 is 0 Å². The minimum Gasteiger partial charge on any atom is -0.352 e. The molecule has 0 spiro atoms. The van der Waals surface area contributed by atoms with Crippen LogP contribution < -0.4 is 5.32 Å². The molecule has 1 aliphatic heterocycles. The zero-order valence-corrected chi connectivity index (χ0v) is 15.6. The standard InChI is InChI=1S/C19H29N5O/c1-14-13-16(17-15(2)22-23(3)18(17)21-14)19(25)20-9-8-12-24-10-6-4-5-7-11-24/h13H,4-12H2,1-3H3,(H,20,25). The molecule has 136 valence electrons. The van der Waals surface area contributed by atoms with Crippen LogP contribution >= 0.6 is 0 Å². The van der Waals surface area contributed by atoms with Crippen molar-refractivity contribution in [2.75, 3.05) is 26.2 Å². The van der Waals surface area contributed by atoms with E-state index in [0.29, 0.717) is 12.1 Å². The molecule has 1 fully saturated rings. The van der Waals surface area contributed by atoms with E-state index in [1.165, 1.54) is 38.8 Å². The third kappa shape index (κ3) is 4.18. The summed E-state index contributed by atoms with van der Waals surface area (Å²) in [5, 5.41) is 8.35. The van der Waals surface area contributed by atoms with Crippen molar-refractivity contribution < 1.29 is 4.79 Å². The van der Waals surface area contributed by atoms with Gasteiger partial charge in [0.1, 0.15) is 0 Å². The monoisotopic (exact) mass is 343 g/mol. The van der Waals surface area contributed by atoms with E-state index in [1.807, 2.05) is 27.0 Å². The van der Waals surface area contributed by atoms with E-state index in [-0.39, 0.29) is 5.91 Å². The first-order valence-electron chi connectivity index (χ1n) is 9.38. The first-order valence-corrected chi connectivity index (χ1v) is 9.38. The fraction of sp³-hybridized carbons (Fsp3) is 0.632. The fourth-order valence-electron chi connectivity index (χ4n) is 3.71. The van der Waals surface area contributed by atoms with Crippen LogP contribution in [-0.2, 0) is 7.05 Å². The molecule has 2 aromatic heterocycles. The number of fused-ring (bicyclic) bond motifs is 1. The third-order valence-electron chi connectivity index (χ3n) is 4.98. The quantitative estimate of drug-likeness (QED) is 0.848. The van der Waals surface area contributed by atoms with Crippen LogP contribution in [0.3, 0.4) is 0 Å². The molecule has 1 aliphatic rings. The van der Waals surface area contributed by atoms with Crippen molar-refractivity contribution in [2.45, 2.75) is 46.0 Å². The molecule has 0 radical (unpaired) electrons. The molecular formula is C19H29N5O. The van der Waals surface area contributed by atoms with E-state index in [9.17, 15) is 4.79 Å². The topological polar surface area (TPSA) is 63.1 Å². The lowest BCUT2D eigenvalue weighted by Crippen LogP contribution is -2.30. The molecule has 0 unspecified atom stereocenters. The first kappa shape index (κ1) is 17.9. The summed E-state index contributed by atoms with van der Waals surface area (Å²) in [7, 11) is 1.87. The van der Waals surface area contributed by atoms with Gasteiger partial charge in [-0.05, 0) is 58.8 Å². The molecule has 1 amide bonds. The van der Waals surface area contributed by atoms with Gasteiger partial charge in [-0.1, -0.05) is 12.8 Å². The summed E-state index contributed by atoms with van der Waals surface area (Å²) >= 11 is 0. The second-order valence-electron chi connectivity index (χ2n) is 7.08. The largest absolute Gasteiger partial charge is 0.352 e. The Hall–Kier alpha value is -1.95. The molecule has 2 aromatic rings. The van der Waals surface area contributed by atoms with Gasteiger partial charge in [0.15, 0.2) is 5.65 Å². The average Bonchev–Trinajstić information content (AvgIpc) is 2.78. The number of pyridine rings is 1. The van der Waals surface area contributed by atoms with Crippen molar-refractivity contribution in [3.05, 3.63) is 23.0 Å². The molecule has 3 rings (SSSR count). The summed E-state index contributed by atoms with van der Waals surface area (Å²) in [6, 6.07) is 1.86. The van der Waals surface area contributed by atoms with Gasteiger partial charge in [0.2, 0.25) is 0 Å². The van der Waals surface area contributed by atoms with Crippen LogP contribution in [0.25, 0.3) is 11.0 Å². The fourth-order valence-corrected chi connectivity index (χ4v) is 3.71. The van der Waals surface area contributed by atoms with Gasteiger partial charge in [-0.25, -0.2) is 4.98 Å². The van der Waals surface area contributed by atoms with Crippen LogP contribution in [-0.4, -0.2) is 51.8 Å². The number of amides is 1. The van der Waals surface area contributed by atoms with E-state index in [1.54, 1.807) is 4.68 Å². The maximum Gasteiger partial charge on any atom is 0.252 e. The van der Waals surface area contributed by atoms with Crippen LogP contribution in [0.1, 0.15) is 53.8 Å². The predicted octanol–water partition coefficient (Wildman–Crippen LogP) is 2.58. The number of nitrogens with zero attached hydrogens (tertiary/aromatic N) is 4. The number of aromatic nitrogens is 3. The molecule has 6 heteroatoms. The highest BCUT2D eigenvalue weighted by atomic mass is 16.1. The molecule has 6 nitrogen and oxygen atoms in total. The molecule has 0 saturated carbocycles. The highest BCUT2D eigenvalue weighted by Gasteiger charge is 2.17. The Labute approximate surface area is 149 Å². The van der Waals surface area contributed by atoms with Crippen molar-refractivity contribution >= 4 is 16.9 Å². The van der Waals surface area contributed by atoms with Gasteiger partial charge in [-0.15, -0.1) is 0 Å². The van der Waals surface area contributed by atoms with Crippen LogP contribution in [0.15, 0.2) is 6.07 Å². The molecule has 0 aliphatic carbocycles. The Morgan fingerprint density at radius 1 is 1.20 bits per heavy atom. The minimum atomic E-state index is -0.0255. The zero-order chi connectivity index (χ0) is 17.8. The number of likely N-dealkylation sites (tertiary alicyclic amines) is 1. The number of nitrogens with one attached hydrogen (secondary N) is 1. The van der Waals surface area contributed by atoms with Crippen LogP contribution in [0.2, 0.25) is 0 Å². The Bertz CT molecular complexity index is 744. The van der Waals surface area contributed by atoms with Crippen molar-refractivity contribution in [2.24, 2.45) is 7.05 Å². The number of aryl methyl sites for hydroxylation is 3. The third-order valence-corrected chi connectivity index (χ3v) is 4.98. The highest BCUT2D eigenvalue weighted by Crippen LogP contribution is 2.21. The smallest absolute Gasteiger partial charge is 0.252 e. The SMILES string of the molecule is Cc1cc(C(=O)NCCCN2CCCCCC2)c2c(C)nn(C)c2n1. The summed E-state index contributed by atoms with van der Waals surface area (Å²) in [5.41, 5.74) is 3.14. The Morgan fingerprint density at radius 3 is 2.64 bits per heavy atom. The van der Waals surface area contributed by atoms with E-state index >= 15 is 0 Å². The van der Waals surface area contributed by atoms with E-state index in [0.717, 1.165) is 35.4 Å². The summed E-state index contributed by atoms with van der Waals surface area (Å²) in [6.45, 7) is 8.02. The van der Waals surface area contributed by atoms with Crippen LogP contribution in [0.5, 0.6) is 0 Å². The molecule has 0 bridgehead atoms. The second kappa shape index (κ2) is 7.95. The predicted molar refractivity (Wildman–Crippen MR) is 99.8 cm³/mol. The van der Waals surface area contributed by atoms with Gasteiger partial charge >= 0.3 is 0 Å². The second-order valence-corrected chi connectivity index (χ2v) is 7.08. The average molecular weight is 343 g/mol. The zero-order valence-electron chi connectivity index (χ0n) is 15.6. The van der Waals surface area contributed by atoms with Crippen molar-refractivity contribution in [3.63, 3.8) is 0 Å². The van der Waals surface area contributed by atoms with Gasteiger partial charge in [0, 0.05) is 19.3 Å². The summed E-state index contributed by atoms with van der Waals surface area (Å²) in [4.78, 5) is 19.7. The summed E-state index contributed by atoms with van der Waals surface area (Å²) in [5.74, 6) is -0.0255. The van der Waals surface area contributed by atoms with Gasteiger partial charge in [-0.2, -0.15) is 5.10 Å². The molecule has 3 heterocycles. The summed E-state index contributed by atoms with van der Waals surface area (Å²) in [6.07, 6.45) is 6.32. The number of carbonyl (C=O) groups is 1. The molecule has 0 aromatic carbocycles. The minimum absolute atomic E-state index is 0.0255. The van der Waals surface area contributed by atoms with Crippen molar-refractivity contribution in [1.29, 1.82) is 0 Å². The van der Waals surface area contributed by atoms with Gasteiger partial charge in [0.25, 0.3) is 5.91 Å². The maximum absolute atomic E-state index is 12.7. The molecule has 0 atom stereocenters. The van der Waals surface area contributed by atoms with Crippen molar-refractivity contribution in [1.82, 2.24) is 25.0 Å². The van der Waals surface area contributed by atoms with Crippen molar-refractivity contribution in [3.8, 4) is 0 Å². The lowest BCUT2D eigenvalue weighted by Gasteiger charge is -2.19. The Kier molecular flexibility index (Phi) is 5.68. The lowest BCUT2D eigenvalue weighted by molar-refractivity contribution is 0.0953. The van der Waals surface area contributed by atoms with Gasteiger partial charge < -0.3 is 10.2 Å². The first-order chi connectivity index (χ1) is 12.1. The lowest BCUT2D eigenvalue weighted by atomic mass is 10.1. The van der Waals surface area contributed by atoms with Crippen LogP contribution in [0, 0.1) is 13.8 Å². The van der Waals surface area contributed by atoms with Crippen LogP contribution in [0.4, 0.5) is 0 Å². The highest BCUT2D eigenvalue weighted by molar-refractivity contribution is 6.06. The maximum atomic E-state index is 12.7. The molecular weight excluding hydrogens is 314 g/mol. The Balaban J connectivity index is 1.61. The number of carbonyl (C=O) groups excluding carboxylic acids is 1. The van der Waals surface area contributed by atoms with E-state index in [4.69, 9.17) is 0 Å². The number of hydrogen-bond donors (Lipinski definition) is 1. The number of rotatable bonds is 5. The van der Waals surface area contributed by atoms with E-state index in [2.05, 4.69) is 20.3 Å². The molecule has 1 N–H and O–H groups in total. The van der Waals surface area contributed by atoms with Gasteiger partial charge in [0.05, 0.1) is 16.6 Å². The molecule has 1 saturated heterocycles. The summed E-state index contributed by atoms with van der Waals surface area (Å²) < 4.78 is 1.74. The normalized spacial score (nSPS) is 16.1. The number of hydrogen-bond acceptors (Lipinski definition) is 4. The Morgan fingerprint density at radius 2 is 1.92 bits per heavy atom.